The molecule has 0 aliphatic heterocycles. The summed E-state index contributed by atoms with van der Waals surface area (Å²) < 4.78 is 0. The number of benzene rings is 1. The molecule has 2 aromatic rings. The summed E-state index contributed by atoms with van der Waals surface area (Å²) in [7, 11) is 0. The number of nitrogens with zero attached hydrogens (tertiary/aromatic N) is 1. The zero-order valence-electron chi connectivity index (χ0n) is 13.5. The van der Waals surface area contributed by atoms with Crippen LogP contribution in [0.5, 0.6) is 0 Å². The molecule has 0 bridgehead atoms. The molecule has 0 radical (unpaired) electrons. The number of pyridine rings is 1. The minimum absolute atomic E-state index is 0.123. The molecule has 1 heterocycles. The van der Waals surface area contributed by atoms with E-state index in [0.29, 0.717) is 12.0 Å². The van der Waals surface area contributed by atoms with Gasteiger partial charge >= 0.3 is 0 Å². The van der Waals surface area contributed by atoms with Crippen LogP contribution in [-0.2, 0) is 11.8 Å². The average molecular weight is 281 g/mol. The predicted molar refractivity (Wildman–Crippen MR) is 86.9 cm³/mol. The summed E-state index contributed by atoms with van der Waals surface area (Å²) in [6.45, 7) is 10.8. The topological polar surface area (TPSA) is 30.0 Å². The highest BCUT2D eigenvalue weighted by Gasteiger charge is 2.17. The molecule has 110 valence electrons. The number of hydrogen-bond donors (Lipinski definition) is 0. The molecule has 1 aromatic carbocycles. The molecule has 0 saturated heterocycles. The molecular formula is C19H23NO. The molecule has 0 atom stereocenters. The van der Waals surface area contributed by atoms with Crippen molar-refractivity contribution in [2.75, 3.05) is 0 Å². The van der Waals surface area contributed by atoms with Crippen LogP contribution in [0.1, 0.15) is 53.4 Å². The fraction of sp³-hybridized carbons (Fsp3) is 0.368. The standard InChI is InChI=1S/C19H23NO/c1-13-9-16(19(3,4)5)10-14(2)17(13)11-18(21)15-7-6-8-20-12-15/h6-10,12H,11H2,1-5H3. The van der Waals surface area contributed by atoms with Gasteiger partial charge in [-0.3, -0.25) is 9.78 Å². The van der Waals surface area contributed by atoms with E-state index >= 15 is 0 Å². The van der Waals surface area contributed by atoms with Gasteiger partial charge in [0.15, 0.2) is 5.78 Å². The van der Waals surface area contributed by atoms with Gasteiger partial charge in [-0.05, 0) is 53.6 Å². The highest BCUT2D eigenvalue weighted by molar-refractivity contribution is 5.97. The van der Waals surface area contributed by atoms with Gasteiger partial charge in [-0.1, -0.05) is 32.9 Å². The predicted octanol–water partition coefficient (Wildman–Crippen LogP) is 4.42. The monoisotopic (exact) mass is 281 g/mol. The minimum Gasteiger partial charge on any atom is -0.294 e. The lowest BCUT2D eigenvalue weighted by Gasteiger charge is -2.22. The maximum Gasteiger partial charge on any atom is 0.168 e. The molecule has 2 nitrogen and oxygen atoms in total. The quantitative estimate of drug-likeness (QED) is 0.779. The molecule has 0 amide bonds. The van der Waals surface area contributed by atoms with Crippen LogP contribution < -0.4 is 0 Å². The van der Waals surface area contributed by atoms with Crippen molar-refractivity contribution in [2.45, 2.75) is 46.5 Å². The maximum atomic E-state index is 12.4. The van der Waals surface area contributed by atoms with Crippen molar-refractivity contribution in [1.82, 2.24) is 4.98 Å². The van der Waals surface area contributed by atoms with E-state index in [4.69, 9.17) is 0 Å². The smallest absolute Gasteiger partial charge is 0.168 e. The Balaban J connectivity index is 2.32. The summed E-state index contributed by atoms with van der Waals surface area (Å²) >= 11 is 0. The molecule has 21 heavy (non-hydrogen) atoms. The number of ketones is 1. The van der Waals surface area contributed by atoms with Crippen molar-refractivity contribution in [3.05, 3.63) is 64.5 Å². The van der Waals surface area contributed by atoms with Crippen molar-refractivity contribution in [2.24, 2.45) is 0 Å². The summed E-state index contributed by atoms with van der Waals surface area (Å²) in [6.07, 6.45) is 3.76. The third-order valence-corrected chi connectivity index (χ3v) is 3.88. The molecule has 0 unspecified atom stereocenters. The van der Waals surface area contributed by atoms with Crippen LogP contribution in [0.15, 0.2) is 36.7 Å². The molecule has 2 rings (SSSR count). The normalized spacial score (nSPS) is 11.5. The van der Waals surface area contributed by atoms with Crippen molar-refractivity contribution in [1.29, 1.82) is 0 Å². The van der Waals surface area contributed by atoms with Gasteiger partial charge in [0.2, 0.25) is 0 Å². The van der Waals surface area contributed by atoms with Gasteiger partial charge in [-0.15, -0.1) is 0 Å². The van der Waals surface area contributed by atoms with Gasteiger partial charge in [0.25, 0.3) is 0 Å². The lowest BCUT2D eigenvalue weighted by atomic mass is 9.83. The Kier molecular flexibility index (Phi) is 4.26. The summed E-state index contributed by atoms with van der Waals surface area (Å²) in [5.74, 6) is 0.123. The van der Waals surface area contributed by atoms with Crippen LogP contribution in [0, 0.1) is 13.8 Å². The van der Waals surface area contributed by atoms with Crippen LogP contribution in [-0.4, -0.2) is 10.8 Å². The van der Waals surface area contributed by atoms with E-state index < -0.39 is 0 Å². The third kappa shape index (κ3) is 3.57. The lowest BCUT2D eigenvalue weighted by Crippen LogP contribution is -2.14. The summed E-state index contributed by atoms with van der Waals surface area (Å²) in [6, 6.07) is 8.04. The minimum atomic E-state index is 0.123. The Bertz CT molecular complexity index is 628. The highest BCUT2D eigenvalue weighted by Crippen LogP contribution is 2.27. The van der Waals surface area contributed by atoms with Crippen molar-refractivity contribution in [3.63, 3.8) is 0 Å². The largest absolute Gasteiger partial charge is 0.294 e. The zero-order chi connectivity index (χ0) is 15.6. The Morgan fingerprint density at radius 3 is 2.24 bits per heavy atom. The molecule has 1 aromatic heterocycles. The molecule has 0 aliphatic rings. The number of aryl methyl sites for hydroxylation is 2. The van der Waals surface area contributed by atoms with Crippen LogP contribution >= 0.6 is 0 Å². The Hall–Kier alpha value is -1.96. The SMILES string of the molecule is Cc1cc(C(C)(C)C)cc(C)c1CC(=O)c1cccnc1. The maximum absolute atomic E-state index is 12.4. The van der Waals surface area contributed by atoms with E-state index in [1.54, 1.807) is 18.5 Å². The number of aromatic nitrogens is 1. The molecule has 0 fully saturated rings. The lowest BCUT2D eigenvalue weighted by molar-refractivity contribution is 0.0992. The molecule has 0 N–H and O–H groups in total. The van der Waals surface area contributed by atoms with Gasteiger partial charge in [0, 0.05) is 24.4 Å². The van der Waals surface area contributed by atoms with E-state index in [-0.39, 0.29) is 11.2 Å². The van der Waals surface area contributed by atoms with Gasteiger partial charge in [0.1, 0.15) is 0 Å². The first-order valence-corrected chi connectivity index (χ1v) is 7.33. The van der Waals surface area contributed by atoms with Crippen molar-refractivity contribution >= 4 is 5.78 Å². The third-order valence-electron chi connectivity index (χ3n) is 3.88. The summed E-state index contributed by atoms with van der Waals surface area (Å²) in [5, 5.41) is 0. The summed E-state index contributed by atoms with van der Waals surface area (Å²) in [5.41, 5.74) is 5.64. The van der Waals surface area contributed by atoms with E-state index in [1.165, 1.54) is 16.7 Å². The van der Waals surface area contributed by atoms with Crippen LogP contribution in [0.25, 0.3) is 0 Å². The fourth-order valence-electron chi connectivity index (χ4n) is 2.50. The Labute approximate surface area is 127 Å². The van der Waals surface area contributed by atoms with Crippen molar-refractivity contribution in [3.8, 4) is 0 Å². The van der Waals surface area contributed by atoms with Gasteiger partial charge in [-0.2, -0.15) is 0 Å². The fourth-order valence-corrected chi connectivity index (χ4v) is 2.50. The van der Waals surface area contributed by atoms with E-state index in [1.807, 2.05) is 6.07 Å². The number of Topliss-reactive ketones (excluding diaryl/α,β-unsaturated/α-hetero) is 1. The average Bonchev–Trinajstić information content (AvgIpc) is 2.42. The zero-order valence-corrected chi connectivity index (χ0v) is 13.5. The van der Waals surface area contributed by atoms with E-state index in [9.17, 15) is 4.79 Å². The second-order valence-electron chi connectivity index (χ2n) is 6.68. The van der Waals surface area contributed by atoms with Crippen molar-refractivity contribution < 1.29 is 4.79 Å². The van der Waals surface area contributed by atoms with Gasteiger partial charge < -0.3 is 0 Å². The first-order valence-electron chi connectivity index (χ1n) is 7.33. The first kappa shape index (κ1) is 15.4. The molecule has 2 heteroatoms. The molecule has 0 aliphatic carbocycles. The number of hydrogen-bond acceptors (Lipinski definition) is 2. The van der Waals surface area contributed by atoms with Gasteiger partial charge in [0.05, 0.1) is 0 Å². The Morgan fingerprint density at radius 2 is 1.76 bits per heavy atom. The molecular weight excluding hydrogens is 258 g/mol. The molecule has 0 spiro atoms. The number of carbonyl (C=O) groups is 1. The molecule has 0 saturated carbocycles. The second kappa shape index (κ2) is 5.80. The van der Waals surface area contributed by atoms with Crippen LogP contribution in [0.3, 0.4) is 0 Å². The summed E-state index contributed by atoms with van der Waals surface area (Å²) in [4.78, 5) is 16.4. The Morgan fingerprint density at radius 1 is 1.14 bits per heavy atom. The first-order chi connectivity index (χ1) is 9.79. The van der Waals surface area contributed by atoms with Gasteiger partial charge in [-0.25, -0.2) is 0 Å². The second-order valence-corrected chi connectivity index (χ2v) is 6.68. The van der Waals surface area contributed by atoms with E-state index in [2.05, 4.69) is 51.7 Å². The number of carbonyl (C=O) groups excluding carboxylic acids is 1. The number of rotatable bonds is 3. The van der Waals surface area contributed by atoms with Crippen LogP contribution in [0.4, 0.5) is 0 Å². The highest BCUT2D eigenvalue weighted by atomic mass is 16.1. The van der Waals surface area contributed by atoms with E-state index in [0.717, 1.165) is 5.56 Å². The van der Waals surface area contributed by atoms with Crippen LogP contribution in [0.2, 0.25) is 0 Å².